The third-order valence-corrected chi connectivity index (χ3v) is 2.83. The van der Waals surface area contributed by atoms with Gasteiger partial charge < -0.3 is 15.7 Å². The minimum Gasteiger partial charge on any atom is -0.497 e. The van der Waals surface area contributed by atoms with E-state index >= 15 is 0 Å². The van der Waals surface area contributed by atoms with Crippen LogP contribution in [0.4, 0.5) is 0 Å². The molecule has 0 aliphatic heterocycles. The van der Waals surface area contributed by atoms with Crippen molar-refractivity contribution in [3.05, 3.63) is 24.3 Å². The first-order valence-corrected chi connectivity index (χ1v) is 5.48. The van der Waals surface area contributed by atoms with Gasteiger partial charge in [-0.05, 0) is 24.3 Å². The molecule has 0 aromatic heterocycles. The smallest absolute Gasteiger partial charge is 0.139 e. The van der Waals surface area contributed by atoms with E-state index in [0.717, 1.165) is 16.4 Å². The molecule has 0 amide bonds. The Labute approximate surface area is 93.1 Å². The van der Waals surface area contributed by atoms with E-state index in [1.165, 1.54) is 0 Å². The van der Waals surface area contributed by atoms with Crippen molar-refractivity contribution in [2.24, 2.45) is 10.9 Å². The van der Waals surface area contributed by atoms with E-state index in [0.29, 0.717) is 6.42 Å². The summed E-state index contributed by atoms with van der Waals surface area (Å²) in [5.74, 6) is 1.90. The van der Waals surface area contributed by atoms with E-state index in [-0.39, 0.29) is 5.84 Å². The molecule has 0 heterocycles. The summed E-state index contributed by atoms with van der Waals surface area (Å²) in [6.07, 6.45) is 0.577. The minimum atomic E-state index is 0.260. The van der Waals surface area contributed by atoms with Gasteiger partial charge in [0.25, 0.3) is 0 Å². The van der Waals surface area contributed by atoms with Crippen LogP contribution < -0.4 is 10.5 Å². The fourth-order valence-electron chi connectivity index (χ4n) is 0.995. The number of oxime groups is 1. The lowest BCUT2D eigenvalue weighted by atomic mass is 10.3. The summed E-state index contributed by atoms with van der Waals surface area (Å²) in [5, 5.41) is 11.2. The number of ether oxygens (including phenoxy) is 1. The number of methoxy groups -OCH3 is 1. The van der Waals surface area contributed by atoms with Crippen molar-refractivity contribution in [2.45, 2.75) is 11.3 Å². The molecule has 4 nitrogen and oxygen atoms in total. The van der Waals surface area contributed by atoms with Crippen LogP contribution in [0.1, 0.15) is 6.42 Å². The summed E-state index contributed by atoms with van der Waals surface area (Å²) in [7, 11) is 1.64. The van der Waals surface area contributed by atoms with Gasteiger partial charge in [0.05, 0.1) is 7.11 Å². The zero-order valence-electron chi connectivity index (χ0n) is 8.51. The molecule has 0 unspecified atom stereocenters. The first-order valence-electron chi connectivity index (χ1n) is 4.49. The van der Waals surface area contributed by atoms with Crippen LogP contribution in [-0.4, -0.2) is 23.9 Å². The van der Waals surface area contributed by atoms with Gasteiger partial charge >= 0.3 is 0 Å². The Morgan fingerprint density at radius 3 is 2.67 bits per heavy atom. The maximum Gasteiger partial charge on any atom is 0.139 e. The van der Waals surface area contributed by atoms with Crippen molar-refractivity contribution >= 4 is 17.6 Å². The second-order valence-corrected chi connectivity index (χ2v) is 4.03. The standard InChI is InChI=1S/C10H14N2O2S/c1-14-8-2-4-9(5-3-8)15-7-6-10(11)12-13/h2-5,13H,6-7H2,1H3,(H2,11,12). The summed E-state index contributed by atoms with van der Waals surface area (Å²) in [4.78, 5) is 1.14. The molecular formula is C10H14N2O2S. The first kappa shape index (κ1) is 11.7. The summed E-state index contributed by atoms with van der Waals surface area (Å²) in [6, 6.07) is 7.78. The number of amidine groups is 1. The molecule has 5 heteroatoms. The van der Waals surface area contributed by atoms with Crippen LogP contribution in [0.5, 0.6) is 5.75 Å². The molecule has 3 N–H and O–H groups in total. The molecule has 15 heavy (non-hydrogen) atoms. The van der Waals surface area contributed by atoms with Gasteiger partial charge in [-0.25, -0.2) is 0 Å². The summed E-state index contributed by atoms with van der Waals surface area (Å²) >= 11 is 1.66. The van der Waals surface area contributed by atoms with Crippen molar-refractivity contribution in [3.63, 3.8) is 0 Å². The summed E-state index contributed by atoms with van der Waals surface area (Å²) < 4.78 is 5.05. The van der Waals surface area contributed by atoms with E-state index in [1.807, 2.05) is 24.3 Å². The van der Waals surface area contributed by atoms with E-state index in [9.17, 15) is 0 Å². The van der Waals surface area contributed by atoms with E-state index in [2.05, 4.69) is 5.16 Å². The Kier molecular flexibility index (Phi) is 4.83. The largest absolute Gasteiger partial charge is 0.497 e. The zero-order valence-corrected chi connectivity index (χ0v) is 9.33. The maximum absolute atomic E-state index is 8.34. The van der Waals surface area contributed by atoms with Crippen LogP contribution >= 0.6 is 11.8 Å². The number of hydrogen-bond donors (Lipinski definition) is 2. The Morgan fingerprint density at radius 2 is 2.13 bits per heavy atom. The molecule has 0 aliphatic rings. The molecule has 0 fully saturated rings. The van der Waals surface area contributed by atoms with Crippen molar-refractivity contribution in [3.8, 4) is 5.75 Å². The van der Waals surface area contributed by atoms with Gasteiger partial charge in [0.2, 0.25) is 0 Å². The quantitative estimate of drug-likeness (QED) is 0.265. The third-order valence-electron chi connectivity index (χ3n) is 1.81. The van der Waals surface area contributed by atoms with E-state index in [4.69, 9.17) is 15.7 Å². The van der Waals surface area contributed by atoms with Crippen LogP contribution in [-0.2, 0) is 0 Å². The highest BCUT2D eigenvalue weighted by Gasteiger charge is 1.97. The van der Waals surface area contributed by atoms with Gasteiger partial charge in [-0.2, -0.15) is 0 Å². The van der Waals surface area contributed by atoms with E-state index in [1.54, 1.807) is 18.9 Å². The maximum atomic E-state index is 8.34. The van der Waals surface area contributed by atoms with Gasteiger partial charge in [0, 0.05) is 17.1 Å². The molecule has 0 aliphatic carbocycles. The number of hydrogen-bond acceptors (Lipinski definition) is 4. The zero-order chi connectivity index (χ0) is 11.1. The molecule has 1 aromatic carbocycles. The number of nitrogens with two attached hydrogens (primary N) is 1. The highest BCUT2D eigenvalue weighted by Crippen LogP contribution is 2.21. The second kappa shape index (κ2) is 6.19. The van der Waals surface area contributed by atoms with Gasteiger partial charge in [-0.3, -0.25) is 0 Å². The Hall–Kier alpha value is -1.36. The molecule has 1 rings (SSSR count). The lowest BCUT2D eigenvalue weighted by Gasteiger charge is -2.02. The average Bonchev–Trinajstić information content (AvgIpc) is 2.29. The number of rotatable bonds is 5. The van der Waals surface area contributed by atoms with Gasteiger partial charge in [-0.15, -0.1) is 11.8 Å². The molecule has 0 bridgehead atoms. The molecule has 82 valence electrons. The van der Waals surface area contributed by atoms with Crippen molar-refractivity contribution in [1.29, 1.82) is 0 Å². The average molecular weight is 226 g/mol. The fraction of sp³-hybridized carbons (Fsp3) is 0.300. The molecular weight excluding hydrogens is 212 g/mol. The van der Waals surface area contributed by atoms with Crippen LogP contribution in [0, 0.1) is 0 Å². The van der Waals surface area contributed by atoms with Crippen LogP contribution in [0.3, 0.4) is 0 Å². The van der Waals surface area contributed by atoms with Gasteiger partial charge in [-0.1, -0.05) is 5.16 Å². The van der Waals surface area contributed by atoms with Crippen molar-refractivity contribution < 1.29 is 9.94 Å². The molecule has 0 radical (unpaired) electrons. The summed E-state index contributed by atoms with van der Waals surface area (Å²) in [6.45, 7) is 0. The molecule has 1 aromatic rings. The SMILES string of the molecule is COc1ccc(SCC/C(N)=N/O)cc1. The molecule has 0 saturated carbocycles. The topological polar surface area (TPSA) is 67.8 Å². The minimum absolute atomic E-state index is 0.260. The first-order chi connectivity index (χ1) is 7.26. The lowest BCUT2D eigenvalue weighted by Crippen LogP contribution is -2.11. The number of thioether (sulfide) groups is 1. The van der Waals surface area contributed by atoms with Crippen LogP contribution in [0.2, 0.25) is 0 Å². The lowest BCUT2D eigenvalue weighted by molar-refractivity contribution is 0.317. The Morgan fingerprint density at radius 1 is 1.47 bits per heavy atom. The highest BCUT2D eigenvalue weighted by atomic mass is 32.2. The van der Waals surface area contributed by atoms with Crippen molar-refractivity contribution in [2.75, 3.05) is 12.9 Å². The normalized spacial score (nSPS) is 11.4. The van der Waals surface area contributed by atoms with Gasteiger partial charge in [0.1, 0.15) is 11.6 Å². The molecule has 0 spiro atoms. The molecule has 0 atom stereocenters. The Balaban J connectivity index is 2.38. The van der Waals surface area contributed by atoms with Gasteiger partial charge in [0.15, 0.2) is 0 Å². The predicted octanol–water partition coefficient (Wildman–Crippen LogP) is 1.92. The van der Waals surface area contributed by atoms with Crippen molar-refractivity contribution in [1.82, 2.24) is 0 Å². The Bertz CT molecular complexity index is 325. The monoisotopic (exact) mass is 226 g/mol. The fourth-order valence-corrected chi connectivity index (χ4v) is 1.87. The number of benzene rings is 1. The highest BCUT2D eigenvalue weighted by molar-refractivity contribution is 7.99. The second-order valence-electron chi connectivity index (χ2n) is 2.87. The predicted molar refractivity (Wildman–Crippen MR) is 61.7 cm³/mol. The number of nitrogens with zero attached hydrogens (tertiary/aromatic N) is 1. The summed E-state index contributed by atoms with van der Waals surface area (Å²) in [5.41, 5.74) is 5.35. The van der Waals surface area contributed by atoms with Crippen LogP contribution in [0.15, 0.2) is 34.3 Å². The molecule has 0 saturated heterocycles. The third kappa shape index (κ3) is 4.12. The van der Waals surface area contributed by atoms with E-state index < -0.39 is 0 Å². The van der Waals surface area contributed by atoms with Crippen LogP contribution in [0.25, 0.3) is 0 Å².